The largest absolute Gasteiger partial charge is 0.493 e. The molecule has 2 aromatic carbocycles. The van der Waals surface area contributed by atoms with Crippen LogP contribution in [-0.2, 0) is 9.59 Å². The second-order valence-electron chi connectivity index (χ2n) is 6.65. The summed E-state index contributed by atoms with van der Waals surface area (Å²) in [7, 11) is 1.41. The van der Waals surface area contributed by atoms with E-state index in [0.29, 0.717) is 5.56 Å². The molecule has 0 aliphatic rings. The van der Waals surface area contributed by atoms with Crippen molar-refractivity contribution < 1.29 is 24.2 Å². The lowest BCUT2D eigenvalue weighted by Crippen LogP contribution is -2.24. The van der Waals surface area contributed by atoms with Crippen LogP contribution in [0.1, 0.15) is 25.0 Å². The Morgan fingerprint density at radius 3 is 2.53 bits per heavy atom. The number of aliphatic carboxylic acids is 1. The molecule has 30 heavy (non-hydrogen) atoms. The average molecular weight is 495 g/mol. The molecule has 0 bridgehead atoms. The SMILES string of the molecule is COc1cc(C=NC(C(=O)O)C(C)C)cc(Cl)c1OC(=O)/C=C/c1cccc(Br)c1. The Balaban J connectivity index is 2.21. The summed E-state index contributed by atoms with van der Waals surface area (Å²) >= 11 is 9.64. The highest BCUT2D eigenvalue weighted by Crippen LogP contribution is 2.36. The molecule has 0 aliphatic heterocycles. The van der Waals surface area contributed by atoms with Crippen LogP contribution in [0.2, 0.25) is 5.02 Å². The van der Waals surface area contributed by atoms with Crippen LogP contribution in [0.3, 0.4) is 0 Å². The molecule has 8 heteroatoms. The minimum absolute atomic E-state index is 0.0684. The first-order valence-electron chi connectivity index (χ1n) is 9.00. The number of nitrogens with zero attached hydrogens (tertiary/aromatic N) is 1. The maximum absolute atomic E-state index is 12.2. The molecule has 0 amide bonds. The van der Waals surface area contributed by atoms with Crippen LogP contribution in [0.5, 0.6) is 11.5 Å². The molecule has 2 aromatic rings. The standard InChI is InChI=1S/C22H21BrClNO5/c1-13(2)20(22(27)28)25-12-15-10-17(24)21(18(11-15)29-3)30-19(26)8-7-14-5-4-6-16(23)9-14/h4-13,20H,1-3H3,(H,27,28)/b8-7+,25-12?. The first-order valence-corrected chi connectivity index (χ1v) is 10.2. The number of carbonyl (C=O) groups excluding carboxylic acids is 1. The van der Waals surface area contributed by atoms with Gasteiger partial charge in [0.1, 0.15) is 6.04 Å². The molecule has 0 fully saturated rings. The van der Waals surface area contributed by atoms with Crippen LogP contribution in [0.15, 0.2) is 51.9 Å². The van der Waals surface area contributed by atoms with Crippen molar-refractivity contribution in [2.75, 3.05) is 7.11 Å². The minimum Gasteiger partial charge on any atom is -0.493 e. The number of hydrogen-bond acceptors (Lipinski definition) is 5. The molecule has 6 nitrogen and oxygen atoms in total. The van der Waals surface area contributed by atoms with Crippen LogP contribution in [-0.4, -0.2) is 36.4 Å². The third-order valence-corrected chi connectivity index (χ3v) is 4.76. The van der Waals surface area contributed by atoms with Gasteiger partial charge in [0.2, 0.25) is 0 Å². The summed E-state index contributed by atoms with van der Waals surface area (Å²) < 4.78 is 11.5. The average Bonchev–Trinajstić information content (AvgIpc) is 2.67. The predicted octanol–water partition coefficient (Wildman–Crippen LogP) is 5.26. The quantitative estimate of drug-likeness (QED) is 0.234. The summed E-state index contributed by atoms with van der Waals surface area (Å²) in [5, 5.41) is 9.37. The van der Waals surface area contributed by atoms with Crippen molar-refractivity contribution in [3.05, 3.63) is 63.1 Å². The molecule has 0 spiro atoms. The topological polar surface area (TPSA) is 85.2 Å². The molecule has 1 atom stereocenters. The first-order chi connectivity index (χ1) is 14.2. The second-order valence-corrected chi connectivity index (χ2v) is 7.97. The summed E-state index contributed by atoms with van der Waals surface area (Å²) in [6.07, 6.45) is 4.31. The maximum atomic E-state index is 12.2. The zero-order valence-electron chi connectivity index (χ0n) is 16.6. The maximum Gasteiger partial charge on any atom is 0.336 e. The number of esters is 1. The van der Waals surface area contributed by atoms with Gasteiger partial charge in [0, 0.05) is 16.8 Å². The Morgan fingerprint density at radius 2 is 1.93 bits per heavy atom. The van der Waals surface area contributed by atoms with Gasteiger partial charge >= 0.3 is 11.9 Å². The Morgan fingerprint density at radius 1 is 1.20 bits per heavy atom. The van der Waals surface area contributed by atoms with Gasteiger partial charge in [0.15, 0.2) is 11.5 Å². The zero-order chi connectivity index (χ0) is 22.3. The number of aliphatic imine (C=N–C) groups is 1. The number of benzene rings is 2. The van der Waals surface area contributed by atoms with E-state index in [1.807, 2.05) is 24.3 Å². The van der Waals surface area contributed by atoms with Crippen molar-refractivity contribution in [3.63, 3.8) is 0 Å². The van der Waals surface area contributed by atoms with Crippen molar-refractivity contribution in [2.45, 2.75) is 19.9 Å². The van der Waals surface area contributed by atoms with Gasteiger partial charge in [-0.15, -0.1) is 0 Å². The van der Waals surface area contributed by atoms with E-state index in [1.54, 1.807) is 26.0 Å². The van der Waals surface area contributed by atoms with Crippen molar-refractivity contribution in [3.8, 4) is 11.5 Å². The number of carbonyl (C=O) groups is 2. The van der Waals surface area contributed by atoms with Gasteiger partial charge in [-0.1, -0.05) is 53.5 Å². The number of ether oxygens (including phenoxy) is 2. The first kappa shape index (κ1) is 23.6. The van der Waals surface area contributed by atoms with E-state index in [9.17, 15) is 14.7 Å². The highest BCUT2D eigenvalue weighted by Gasteiger charge is 2.20. The Bertz CT molecular complexity index is 987. The van der Waals surface area contributed by atoms with E-state index in [2.05, 4.69) is 20.9 Å². The van der Waals surface area contributed by atoms with Crippen LogP contribution in [0.25, 0.3) is 6.08 Å². The number of methoxy groups -OCH3 is 1. The van der Waals surface area contributed by atoms with Gasteiger partial charge < -0.3 is 14.6 Å². The normalized spacial score (nSPS) is 12.5. The van der Waals surface area contributed by atoms with Crippen molar-refractivity contribution in [2.24, 2.45) is 10.9 Å². The highest BCUT2D eigenvalue weighted by molar-refractivity contribution is 9.10. The molecular weight excluding hydrogens is 474 g/mol. The zero-order valence-corrected chi connectivity index (χ0v) is 19.0. The lowest BCUT2D eigenvalue weighted by molar-refractivity contribution is -0.139. The van der Waals surface area contributed by atoms with Crippen LogP contribution in [0, 0.1) is 5.92 Å². The van der Waals surface area contributed by atoms with E-state index in [4.69, 9.17) is 21.1 Å². The second kappa shape index (κ2) is 10.9. The number of carboxylic acid groups (broad SMARTS) is 1. The predicted molar refractivity (Wildman–Crippen MR) is 121 cm³/mol. The third kappa shape index (κ3) is 6.71. The fraction of sp³-hybridized carbons (Fsp3) is 0.227. The Kier molecular flexibility index (Phi) is 8.62. The molecule has 1 N–H and O–H groups in total. The van der Waals surface area contributed by atoms with Crippen molar-refractivity contribution >= 4 is 51.8 Å². The fourth-order valence-corrected chi connectivity index (χ4v) is 3.18. The fourth-order valence-electron chi connectivity index (χ4n) is 2.51. The minimum atomic E-state index is -1.01. The lowest BCUT2D eigenvalue weighted by atomic mass is 10.1. The van der Waals surface area contributed by atoms with Crippen molar-refractivity contribution in [1.29, 1.82) is 0 Å². The van der Waals surface area contributed by atoms with Gasteiger partial charge in [0.05, 0.1) is 12.1 Å². The number of halogens is 2. The summed E-state index contributed by atoms with van der Waals surface area (Å²) in [6.45, 7) is 3.54. The smallest absolute Gasteiger partial charge is 0.336 e. The van der Waals surface area contributed by atoms with E-state index < -0.39 is 18.0 Å². The number of rotatable bonds is 8. The Hall–Kier alpha value is -2.64. The molecule has 0 heterocycles. The molecule has 2 rings (SSSR count). The van der Waals surface area contributed by atoms with Gasteiger partial charge in [-0.2, -0.15) is 0 Å². The highest BCUT2D eigenvalue weighted by atomic mass is 79.9. The molecule has 0 radical (unpaired) electrons. The van der Waals surface area contributed by atoms with E-state index in [1.165, 1.54) is 25.5 Å². The van der Waals surface area contributed by atoms with Gasteiger partial charge in [0.25, 0.3) is 0 Å². The molecule has 158 valence electrons. The monoisotopic (exact) mass is 493 g/mol. The molecule has 0 saturated carbocycles. The van der Waals surface area contributed by atoms with Crippen LogP contribution >= 0.6 is 27.5 Å². The van der Waals surface area contributed by atoms with Crippen LogP contribution < -0.4 is 9.47 Å². The summed E-state index contributed by atoms with van der Waals surface area (Å²) in [5.74, 6) is -1.51. The lowest BCUT2D eigenvalue weighted by Gasteiger charge is -2.12. The van der Waals surface area contributed by atoms with Crippen molar-refractivity contribution in [1.82, 2.24) is 0 Å². The van der Waals surface area contributed by atoms with E-state index in [0.717, 1.165) is 10.0 Å². The molecule has 0 aliphatic carbocycles. The Labute approximate surface area is 188 Å². The van der Waals surface area contributed by atoms with E-state index in [-0.39, 0.29) is 22.4 Å². The number of hydrogen-bond donors (Lipinski definition) is 1. The van der Waals surface area contributed by atoms with Gasteiger partial charge in [-0.05, 0) is 47.4 Å². The van der Waals surface area contributed by atoms with Gasteiger partial charge in [-0.3, -0.25) is 4.99 Å². The molecular formula is C22H21BrClNO5. The van der Waals surface area contributed by atoms with Crippen LogP contribution in [0.4, 0.5) is 0 Å². The van der Waals surface area contributed by atoms with E-state index >= 15 is 0 Å². The molecule has 0 saturated heterocycles. The number of carboxylic acids is 1. The third-order valence-electron chi connectivity index (χ3n) is 3.98. The molecule has 0 aromatic heterocycles. The summed E-state index contributed by atoms with van der Waals surface area (Å²) in [6, 6.07) is 9.64. The van der Waals surface area contributed by atoms with Gasteiger partial charge in [-0.25, -0.2) is 9.59 Å². The summed E-state index contributed by atoms with van der Waals surface area (Å²) in [5.41, 5.74) is 1.34. The molecule has 1 unspecified atom stereocenters. The summed E-state index contributed by atoms with van der Waals surface area (Å²) in [4.78, 5) is 27.6.